The van der Waals surface area contributed by atoms with Crippen LogP contribution in [0.3, 0.4) is 0 Å². The van der Waals surface area contributed by atoms with E-state index in [-0.39, 0.29) is 11.4 Å². The normalized spacial score (nSPS) is 31.5. The van der Waals surface area contributed by atoms with Gasteiger partial charge in [-0.05, 0) is 36.5 Å². The second kappa shape index (κ2) is 3.93. The summed E-state index contributed by atoms with van der Waals surface area (Å²) in [5, 5.41) is 0. The molecule has 0 aliphatic heterocycles. The van der Waals surface area contributed by atoms with Crippen molar-refractivity contribution >= 4 is 0 Å². The van der Waals surface area contributed by atoms with Gasteiger partial charge in [0.15, 0.2) is 0 Å². The van der Waals surface area contributed by atoms with Crippen LogP contribution >= 0.6 is 0 Å². The first kappa shape index (κ1) is 10.6. The molecule has 2 rings (SSSR count). The smallest absolute Gasteiger partial charge is 0.123 e. The largest absolute Gasteiger partial charge is 0.321 e. The highest BCUT2D eigenvalue weighted by atomic mass is 19.1. The Morgan fingerprint density at radius 1 is 1.40 bits per heavy atom. The van der Waals surface area contributed by atoms with Crippen molar-refractivity contribution in [2.24, 2.45) is 11.7 Å². The number of benzene rings is 1. The summed E-state index contributed by atoms with van der Waals surface area (Å²) in [5.74, 6) is 0.253. The van der Waals surface area contributed by atoms with Crippen LogP contribution in [0, 0.1) is 11.7 Å². The summed E-state index contributed by atoms with van der Waals surface area (Å²) >= 11 is 0. The van der Waals surface area contributed by atoms with E-state index < -0.39 is 0 Å². The molecule has 0 saturated heterocycles. The minimum atomic E-state index is -0.319. The summed E-state index contributed by atoms with van der Waals surface area (Å²) in [5.41, 5.74) is 7.06. The molecular formula is C13H18FN. The van der Waals surface area contributed by atoms with Crippen molar-refractivity contribution in [2.75, 3.05) is 0 Å². The molecular weight excluding hydrogens is 189 g/mol. The van der Waals surface area contributed by atoms with Crippen LogP contribution in [-0.2, 0) is 5.54 Å². The maximum Gasteiger partial charge on any atom is 0.123 e. The van der Waals surface area contributed by atoms with Crippen molar-refractivity contribution < 1.29 is 4.39 Å². The van der Waals surface area contributed by atoms with Crippen LogP contribution in [0.2, 0.25) is 0 Å². The van der Waals surface area contributed by atoms with E-state index in [0.29, 0.717) is 5.92 Å². The average Bonchev–Trinajstić information content (AvgIpc) is 2.23. The van der Waals surface area contributed by atoms with Crippen LogP contribution in [0.25, 0.3) is 0 Å². The fraction of sp³-hybridized carbons (Fsp3) is 0.538. The van der Waals surface area contributed by atoms with E-state index in [1.54, 1.807) is 12.1 Å². The van der Waals surface area contributed by atoms with E-state index in [9.17, 15) is 4.39 Å². The van der Waals surface area contributed by atoms with Gasteiger partial charge in [0.05, 0.1) is 0 Å². The Morgan fingerprint density at radius 3 is 2.87 bits per heavy atom. The molecule has 2 N–H and O–H groups in total. The predicted molar refractivity (Wildman–Crippen MR) is 59.9 cm³/mol. The molecule has 1 aliphatic rings. The van der Waals surface area contributed by atoms with Crippen molar-refractivity contribution in [1.29, 1.82) is 0 Å². The van der Waals surface area contributed by atoms with Gasteiger partial charge < -0.3 is 5.73 Å². The summed E-state index contributed by atoms with van der Waals surface area (Å²) in [4.78, 5) is 0. The molecule has 2 atom stereocenters. The third kappa shape index (κ3) is 1.91. The number of hydrogen-bond donors (Lipinski definition) is 1. The first-order valence-corrected chi connectivity index (χ1v) is 5.68. The molecule has 0 spiro atoms. The van der Waals surface area contributed by atoms with Gasteiger partial charge in [-0.1, -0.05) is 31.9 Å². The molecule has 0 aromatic heterocycles. The van der Waals surface area contributed by atoms with Crippen molar-refractivity contribution in [3.8, 4) is 0 Å². The Labute approximate surface area is 90.5 Å². The zero-order valence-corrected chi connectivity index (χ0v) is 9.17. The molecule has 82 valence electrons. The highest BCUT2D eigenvalue weighted by Crippen LogP contribution is 2.39. The molecule has 1 saturated carbocycles. The third-order valence-corrected chi connectivity index (χ3v) is 3.72. The number of hydrogen-bond acceptors (Lipinski definition) is 1. The molecule has 0 radical (unpaired) electrons. The van der Waals surface area contributed by atoms with Crippen LogP contribution in [0.4, 0.5) is 4.39 Å². The van der Waals surface area contributed by atoms with Gasteiger partial charge in [-0.25, -0.2) is 4.39 Å². The minimum Gasteiger partial charge on any atom is -0.321 e. The molecule has 1 aromatic rings. The van der Waals surface area contributed by atoms with Gasteiger partial charge in [0.25, 0.3) is 0 Å². The van der Waals surface area contributed by atoms with E-state index >= 15 is 0 Å². The molecule has 1 fully saturated rings. The van der Waals surface area contributed by atoms with Crippen LogP contribution < -0.4 is 5.73 Å². The van der Waals surface area contributed by atoms with Crippen LogP contribution in [0.15, 0.2) is 24.3 Å². The summed E-state index contributed by atoms with van der Waals surface area (Å²) in [6.45, 7) is 2.17. The summed E-state index contributed by atoms with van der Waals surface area (Å²) in [7, 11) is 0. The Morgan fingerprint density at radius 2 is 2.20 bits per heavy atom. The van der Waals surface area contributed by atoms with E-state index in [0.717, 1.165) is 24.8 Å². The quantitative estimate of drug-likeness (QED) is 0.752. The van der Waals surface area contributed by atoms with Gasteiger partial charge in [0.1, 0.15) is 5.82 Å². The maximum atomic E-state index is 13.2. The van der Waals surface area contributed by atoms with Crippen molar-refractivity contribution in [2.45, 2.75) is 38.1 Å². The lowest BCUT2D eigenvalue weighted by molar-refractivity contribution is 0.206. The van der Waals surface area contributed by atoms with E-state index in [1.165, 1.54) is 12.5 Å². The summed E-state index contributed by atoms with van der Waals surface area (Å²) < 4.78 is 13.2. The summed E-state index contributed by atoms with van der Waals surface area (Å²) in [6, 6.07) is 6.76. The molecule has 2 heteroatoms. The van der Waals surface area contributed by atoms with Crippen LogP contribution in [0.5, 0.6) is 0 Å². The highest BCUT2D eigenvalue weighted by molar-refractivity contribution is 5.26. The first-order valence-electron chi connectivity index (χ1n) is 5.68. The molecule has 1 aromatic carbocycles. The molecule has 1 aliphatic carbocycles. The van der Waals surface area contributed by atoms with E-state index in [4.69, 9.17) is 5.73 Å². The Hall–Kier alpha value is -0.890. The highest BCUT2D eigenvalue weighted by Gasteiger charge is 2.35. The topological polar surface area (TPSA) is 26.0 Å². The molecule has 1 unspecified atom stereocenters. The van der Waals surface area contributed by atoms with Gasteiger partial charge in [-0.3, -0.25) is 0 Å². The SMILES string of the molecule is CC1CCCC[C@]1(N)c1cccc(F)c1. The molecule has 0 heterocycles. The van der Waals surface area contributed by atoms with Crippen molar-refractivity contribution in [3.63, 3.8) is 0 Å². The van der Waals surface area contributed by atoms with Crippen LogP contribution in [-0.4, -0.2) is 0 Å². The second-order valence-corrected chi connectivity index (χ2v) is 4.70. The van der Waals surface area contributed by atoms with Crippen molar-refractivity contribution in [1.82, 2.24) is 0 Å². The van der Waals surface area contributed by atoms with Gasteiger partial charge in [0.2, 0.25) is 0 Å². The molecule has 0 bridgehead atoms. The summed E-state index contributed by atoms with van der Waals surface area (Å²) in [6.07, 6.45) is 4.51. The van der Waals surface area contributed by atoms with Gasteiger partial charge in [0, 0.05) is 5.54 Å². The Kier molecular flexibility index (Phi) is 2.79. The monoisotopic (exact) mass is 207 g/mol. The number of halogens is 1. The standard InChI is InChI=1S/C13H18FN/c1-10-5-2-3-8-13(10,15)11-6-4-7-12(14)9-11/h4,6-7,9-10H,2-3,5,8,15H2,1H3/t10?,13-/m1/s1. The lowest BCUT2D eigenvalue weighted by Gasteiger charge is -2.40. The fourth-order valence-electron chi connectivity index (χ4n) is 2.58. The number of rotatable bonds is 1. The predicted octanol–water partition coefficient (Wildman–Crippen LogP) is 3.19. The van der Waals surface area contributed by atoms with Gasteiger partial charge >= 0.3 is 0 Å². The number of nitrogens with two attached hydrogens (primary N) is 1. The molecule has 1 nitrogen and oxygen atoms in total. The lowest BCUT2D eigenvalue weighted by atomic mass is 9.70. The van der Waals surface area contributed by atoms with E-state index in [2.05, 4.69) is 6.92 Å². The third-order valence-electron chi connectivity index (χ3n) is 3.72. The molecule has 0 amide bonds. The van der Waals surface area contributed by atoms with Gasteiger partial charge in [-0.15, -0.1) is 0 Å². The average molecular weight is 207 g/mol. The fourth-order valence-corrected chi connectivity index (χ4v) is 2.58. The Bertz CT molecular complexity index is 350. The lowest BCUT2D eigenvalue weighted by Crippen LogP contribution is -2.45. The van der Waals surface area contributed by atoms with E-state index in [1.807, 2.05) is 6.07 Å². The van der Waals surface area contributed by atoms with Crippen LogP contribution in [0.1, 0.15) is 38.2 Å². The maximum absolute atomic E-state index is 13.2. The second-order valence-electron chi connectivity index (χ2n) is 4.70. The zero-order valence-electron chi connectivity index (χ0n) is 9.17. The zero-order chi connectivity index (χ0) is 10.9. The first-order chi connectivity index (χ1) is 7.13. The van der Waals surface area contributed by atoms with Crippen molar-refractivity contribution in [3.05, 3.63) is 35.6 Å². The molecule has 15 heavy (non-hydrogen) atoms. The minimum absolute atomic E-state index is 0.185. The Balaban J connectivity index is 2.34. The van der Waals surface area contributed by atoms with Gasteiger partial charge in [-0.2, -0.15) is 0 Å².